The van der Waals surface area contributed by atoms with Crippen molar-refractivity contribution in [2.75, 3.05) is 26.5 Å². The first-order valence-electron chi connectivity index (χ1n) is 9.97. The smallest absolute Gasteiger partial charge is 0.271 e. The number of amides is 1. The van der Waals surface area contributed by atoms with Crippen LogP contribution in [0.5, 0.6) is 5.75 Å². The summed E-state index contributed by atoms with van der Waals surface area (Å²) >= 11 is 0. The van der Waals surface area contributed by atoms with Crippen LogP contribution in [0.15, 0.2) is 48.9 Å². The third kappa shape index (κ3) is 3.84. The highest BCUT2D eigenvalue weighted by Crippen LogP contribution is 2.29. The second kappa shape index (κ2) is 8.62. The minimum absolute atomic E-state index is 0.157. The van der Waals surface area contributed by atoms with Crippen LogP contribution in [-0.2, 0) is 6.54 Å². The average Bonchev–Trinajstić information content (AvgIpc) is 3.28. The van der Waals surface area contributed by atoms with E-state index in [9.17, 15) is 9.18 Å². The largest absolute Gasteiger partial charge is 0.496 e. The molecule has 4 rings (SSSR count). The highest BCUT2D eigenvalue weighted by atomic mass is 19.1. The van der Waals surface area contributed by atoms with Gasteiger partial charge < -0.3 is 15.0 Å². The van der Waals surface area contributed by atoms with E-state index in [2.05, 4.69) is 20.5 Å². The van der Waals surface area contributed by atoms with Crippen molar-refractivity contribution in [1.82, 2.24) is 24.5 Å². The third-order valence-electron chi connectivity index (χ3n) is 5.22. The van der Waals surface area contributed by atoms with E-state index in [0.717, 1.165) is 16.7 Å². The highest BCUT2D eigenvalue weighted by Gasteiger charge is 2.16. The second-order valence-electron chi connectivity index (χ2n) is 7.52. The van der Waals surface area contributed by atoms with Crippen LogP contribution in [0.4, 0.5) is 10.2 Å². The molecule has 0 spiro atoms. The average molecular weight is 434 g/mol. The van der Waals surface area contributed by atoms with E-state index in [0.29, 0.717) is 28.5 Å². The predicted molar refractivity (Wildman–Crippen MR) is 119 cm³/mol. The summed E-state index contributed by atoms with van der Waals surface area (Å²) in [5.41, 5.74) is 4.00. The molecular weight excluding hydrogens is 411 g/mol. The molecule has 1 aromatic carbocycles. The predicted octanol–water partition coefficient (Wildman–Crippen LogP) is 3.56. The van der Waals surface area contributed by atoms with Crippen molar-refractivity contribution in [3.63, 3.8) is 0 Å². The van der Waals surface area contributed by atoms with Crippen molar-refractivity contribution in [2.45, 2.75) is 13.5 Å². The molecule has 3 aromatic heterocycles. The summed E-state index contributed by atoms with van der Waals surface area (Å²) in [4.78, 5) is 18.0. The molecule has 0 fully saturated rings. The maximum atomic E-state index is 14.3. The zero-order valence-corrected chi connectivity index (χ0v) is 18.3. The monoisotopic (exact) mass is 434 g/mol. The molecule has 0 saturated heterocycles. The first-order chi connectivity index (χ1) is 15.4. The van der Waals surface area contributed by atoms with Crippen LogP contribution in [-0.4, -0.2) is 51.6 Å². The van der Waals surface area contributed by atoms with E-state index in [1.165, 1.54) is 18.1 Å². The van der Waals surface area contributed by atoms with E-state index in [4.69, 9.17) is 4.74 Å². The summed E-state index contributed by atoms with van der Waals surface area (Å²) in [5.74, 6) is 0.671. The van der Waals surface area contributed by atoms with Crippen molar-refractivity contribution >= 4 is 17.4 Å². The molecular formula is C23H23FN6O2. The number of aryl methyl sites for hydroxylation is 1. The SMILES string of the molecule is COc1cccc(F)c1CNc1ccc(-c2cnc(C(=O)N(C)C)cc2C)c2nncn12. The first-order valence-corrected chi connectivity index (χ1v) is 9.97. The van der Waals surface area contributed by atoms with E-state index in [1.54, 1.807) is 49.2 Å². The zero-order chi connectivity index (χ0) is 22.8. The van der Waals surface area contributed by atoms with Crippen LogP contribution in [0.3, 0.4) is 0 Å². The Kier molecular flexibility index (Phi) is 5.72. The summed E-state index contributed by atoms with van der Waals surface area (Å²) < 4.78 is 21.3. The minimum atomic E-state index is -0.345. The van der Waals surface area contributed by atoms with Crippen molar-refractivity contribution in [1.29, 1.82) is 0 Å². The lowest BCUT2D eigenvalue weighted by Crippen LogP contribution is -2.22. The Balaban J connectivity index is 1.67. The number of nitrogens with one attached hydrogen (secondary N) is 1. The number of hydrogen-bond acceptors (Lipinski definition) is 6. The number of aromatic nitrogens is 4. The third-order valence-corrected chi connectivity index (χ3v) is 5.22. The van der Waals surface area contributed by atoms with Gasteiger partial charge >= 0.3 is 0 Å². The Morgan fingerprint density at radius 3 is 2.75 bits per heavy atom. The molecule has 9 heteroatoms. The number of nitrogens with zero attached hydrogens (tertiary/aromatic N) is 5. The summed E-state index contributed by atoms with van der Waals surface area (Å²) in [6.07, 6.45) is 3.26. The number of anilines is 1. The van der Waals surface area contributed by atoms with E-state index >= 15 is 0 Å². The molecule has 0 unspecified atom stereocenters. The molecule has 1 N–H and O–H groups in total. The van der Waals surface area contributed by atoms with Crippen molar-refractivity contribution in [3.05, 3.63) is 71.6 Å². The standard InChI is InChI=1S/C23H23FN6O2/c1-14-10-19(23(31)29(2)3)25-11-16(14)15-8-9-21(30-13-27-28-22(15)30)26-12-17-18(24)6-5-7-20(17)32-4/h5-11,13,26H,12H2,1-4H3. The van der Waals surface area contributed by atoms with E-state index < -0.39 is 0 Å². The molecule has 0 saturated carbocycles. The topological polar surface area (TPSA) is 84.6 Å². The molecule has 1 amide bonds. The lowest BCUT2D eigenvalue weighted by Gasteiger charge is -2.15. The number of pyridine rings is 2. The Bertz CT molecular complexity index is 1300. The molecule has 0 aliphatic rings. The van der Waals surface area contributed by atoms with Crippen LogP contribution in [0, 0.1) is 12.7 Å². The van der Waals surface area contributed by atoms with Gasteiger partial charge in [-0.2, -0.15) is 0 Å². The molecule has 0 bridgehead atoms. The lowest BCUT2D eigenvalue weighted by atomic mass is 10.0. The summed E-state index contributed by atoms with van der Waals surface area (Å²) in [6.45, 7) is 2.15. The van der Waals surface area contributed by atoms with Gasteiger partial charge in [0.15, 0.2) is 5.65 Å². The normalized spacial score (nSPS) is 10.9. The van der Waals surface area contributed by atoms with Crippen LogP contribution < -0.4 is 10.1 Å². The van der Waals surface area contributed by atoms with Gasteiger partial charge in [0, 0.05) is 43.5 Å². The van der Waals surface area contributed by atoms with Gasteiger partial charge in [0.05, 0.1) is 7.11 Å². The van der Waals surface area contributed by atoms with Crippen molar-refractivity contribution in [3.8, 4) is 16.9 Å². The molecule has 0 aliphatic carbocycles. The fraction of sp³-hybridized carbons (Fsp3) is 0.217. The molecule has 0 aliphatic heterocycles. The molecule has 3 heterocycles. The summed E-state index contributed by atoms with van der Waals surface area (Å²) in [6, 6.07) is 10.3. The number of rotatable bonds is 6. The summed E-state index contributed by atoms with van der Waals surface area (Å²) in [7, 11) is 4.89. The van der Waals surface area contributed by atoms with Crippen LogP contribution in [0.1, 0.15) is 21.6 Å². The Labute approximate surface area is 184 Å². The number of ether oxygens (including phenoxy) is 1. The van der Waals surface area contributed by atoms with Gasteiger partial charge in [-0.3, -0.25) is 14.2 Å². The Morgan fingerprint density at radius 2 is 2.03 bits per heavy atom. The van der Waals surface area contributed by atoms with Gasteiger partial charge in [-0.05, 0) is 42.8 Å². The number of fused-ring (bicyclic) bond motifs is 1. The molecule has 0 atom stereocenters. The Morgan fingerprint density at radius 1 is 1.22 bits per heavy atom. The van der Waals surface area contributed by atoms with Gasteiger partial charge in [-0.25, -0.2) is 4.39 Å². The maximum Gasteiger partial charge on any atom is 0.271 e. The highest BCUT2D eigenvalue weighted by molar-refractivity contribution is 5.93. The number of methoxy groups -OCH3 is 1. The fourth-order valence-corrected chi connectivity index (χ4v) is 3.53. The maximum absolute atomic E-state index is 14.3. The second-order valence-corrected chi connectivity index (χ2v) is 7.52. The Hall–Kier alpha value is -4.01. The fourth-order valence-electron chi connectivity index (χ4n) is 3.53. The van der Waals surface area contributed by atoms with Crippen LogP contribution >= 0.6 is 0 Å². The lowest BCUT2D eigenvalue weighted by molar-refractivity contribution is 0.0822. The van der Waals surface area contributed by atoms with Gasteiger partial charge in [-0.15, -0.1) is 10.2 Å². The molecule has 4 aromatic rings. The number of hydrogen-bond donors (Lipinski definition) is 1. The van der Waals surface area contributed by atoms with Gasteiger partial charge in [0.1, 0.15) is 29.4 Å². The summed E-state index contributed by atoms with van der Waals surface area (Å²) in [5, 5.41) is 11.5. The quantitative estimate of drug-likeness (QED) is 0.500. The molecule has 8 nitrogen and oxygen atoms in total. The number of halogens is 1. The van der Waals surface area contributed by atoms with Gasteiger partial charge in [0.25, 0.3) is 5.91 Å². The van der Waals surface area contributed by atoms with Crippen molar-refractivity contribution < 1.29 is 13.9 Å². The number of carbonyl (C=O) groups is 1. The van der Waals surface area contributed by atoms with Crippen LogP contribution in [0.2, 0.25) is 0 Å². The van der Waals surface area contributed by atoms with Gasteiger partial charge in [-0.1, -0.05) is 6.07 Å². The van der Waals surface area contributed by atoms with Crippen molar-refractivity contribution in [2.24, 2.45) is 0 Å². The van der Waals surface area contributed by atoms with E-state index in [1.807, 2.05) is 19.1 Å². The minimum Gasteiger partial charge on any atom is -0.496 e. The molecule has 164 valence electrons. The zero-order valence-electron chi connectivity index (χ0n) is 18.3. The van der Waals surface area contributed by atoms with Gasteiger partial charge in [0.2, 0.25) is 0 Å². The molecule has 32 heavy (non-hydrogen) atoms. The number of carbonyl (C=O) groups excluding carboxylic acids is 1. The molecule has 0 radical (unpaired) electrons. The first kappa shape index (κ1) is 21.2. The van der Waals surface area contributed by atoms with E-state index in [-0.39, 0.29) is 18.3 Å². The number of benzene rings is 1. The van der Waals surface area contributed by atoms with Crippen LogP contribution in [0.25, 0.3) is 16.8 Å².